The predicted octanol–water partition coefficient (Wildman–Crippen LogP) is 3.77. The molecule has 1 atom stereocenters. The van der Waals surface area contributed by atoms with E-state index in [4.69, 9.17) is 9.05 Å². The molecule has 0 heterocycles. The number of hydrogen-bond acceptors (Lipinski definition) is 3. The third kappa shape index (κ3) is 5.31. The van der Waals surface area contributed by atoms with Crippen LogP contribution in [0.5, 0.6) is 0 Å². The van der Waals surface area contributed by atoms with Gasteiger partial charge in [0.25, 0.3) is 0 Å². The van der Waals surface area contributed by atoms with E-state index in [0.29, 0.717) is 13.2 Å². The third-order valence-corrected chi connectivity index (χ3v) is 4.24. The Kier molecular flexibility index (Phi) is 7.67. The van der Waals surface area contributed by atoms with Gasteiger partial charge in [-0.25, -0.2) is 0 Å². The summed E-state index contributed by atoms with van der Waals surface area (Å²) in [5, 5.41) is 0. The monoisotopic (exact) mass is 232 g/mol. The summed E-state index contributed by atoms with van der Waals surface area (Å²) < 4.78 is 22.6. The molecule has 0 aromatic carbocycles. The van der Waals surface area contributed by atoms with Gasteiger partial charge in [0, 0.05) is 0 Å². The van der Waals surface area contributed by atoms with Gasteiger partial charge in [-0.1, -0.05) is 18.2 Å². The van der Waals surface area contributed by atoms with E-state index in [1.54, 1.807) is 6.08 Å². The highest BCUT2D eigenvalue weighted by molar-refractivity contribution is 7.54. The standard InChI is InChI=1S/C11H21O3P/c1-5-8-9-10-11(4)15(12,13-6-2)14-7-3/h5,9-11H,1,6-8H2,2-4H3. The fraction of sp³-hybridized carbons (Fsp3) is 0.636. The van der Waals surface area contributed by atoms with Gasteiger partial charge in [0.15, 0.2) is 0 Å². The van der Waals surface area contributed by atoms with E-state index in [0.717, 1.165) is 6.42 Å². The van der Waals surface area contributed by atoms with Crippen LogP contribution in [0.4, 0.5) is 0 Å². The summed E-state index contributed by atoms with van der Waals surface area (Å²) in [6.07, 6.45) is 6.33. The van der Waals surface area contributed by atoms with Crippen LogP contribution in [0.25, 0.3) is 0 Å². The molecule has 0 aromatic heterocycles. The second-order valence-electron chi connectivity index (χ2n) is 3.07. The van der Waals surface area contributed by atoms with Crippen LogP contribution in [0.3, 0.4) is 0 Å². The Labute approximate surface area is 92.7 Å². The quantitative estimate of drug-likeness (QED) is 0.472. The van der Waals surface area contributed by atoms with Crippen molar-refractivity contribution in [2.75, 3.05) is 13.2 Å². The van der Waals surface area contributed by atoms with Crippen LogP contribution in [0.1, 0.15) is 27.2 Å². The summed E-state index contributed by atoms with van der Waals surface area (Å²) in [4.78, 5) is 0. The molecule has 0 aromatic rings. The molecule has 0 saturated heterocycles. The molecule has 88 valence electrons. The van der Waals surface area contributed by atoms with Crippen LogP contribution in [-0.4, -0.2) is 18.9 Å². The number of rotatable bonds is 8. The van der Waals surface area contributed by atoms with Gasteiger partial charge in [-0.15, -0.1) is 6.58 Å². The second-order valence-corrected chi connectivity index (χ2v) is 5.48. The Morgan fingerprint density at radius 3 is 2.27 bits per heavy atom. The molecule has 0 amide bonds. The highest BCUT2D eigenvalue weighted by atomic mass is 31.2. The van der Waals surface area contributed by atoms with E-state index in [1.165, 1.54) is 0 Å². The minimum absolute atomic E-state index is 0.211. The van der Waals surface area contributed by atoms with Crippen molar-refractivity contribution in [3.63, 3.8) is 0 Å². The molecule has 0 rings (SSSR count). The zero-order valence-electron chi connectivity index (χ0n) is 9.81. The SMILES string of the molecule is C=CCC=CC(C)P(=O)(OCC)OCC. The van der Waals surface area contributed by atoms with Crippen LogP contribution in [-0.2, 0) is 13.6 Å². The zero-order valence-corrected chi connectivity index (χ0v) is 10.7. The summed E-state index contributed by atoms with van der Waals surface area (Å²) in [6.45, 7) is 9.87. The molecule has 0 bridgehead atoms. The average Bonchev–Trinajstić information content (AvgIpc) is 2.18. The lowest BCUT2D eigenvalue weighted by molar-refractivity contribution is 0.216. The topological polar surface area (TPSA) is 35.5 Å². The first-order valence-electron chi connectivity index (χ1n) is 5.27. The lowest BCUT2D eigenvalue weighted by Gasteiger charge is -2.20. The van der Waals surface area contributed by atoms with Crippen molar-refractivity contribution in [2.45, 2.75) is 32.9 Å². The fourth-order valence-electron chi connectivity index (χ4n) is 1.11. The minimum atomic E-state index is -2.97. The summed E-state index contributed by atoms with van der Waals surface area (Å²) >= 11 is 0. The van der Waals surface area contributed by atoms with E-state index in [1.807, 2.05) is 32.9 Å². The summed E-state index contributed by atoms with van der Waals surface area (Å²) in [6, 6.07) is 0. The van der Waals surface area contributed by atoms with E-state index < -0.39 is 7.60 Å². The van der Waals surface area contributed by atoms with Gasteiger partial charge in [0.1, 0.15) is 0 Å². The van der Waals surface area contributed by atoms with E-state index >= 15 is 0 Å². The molecule has 0 aliphatic rings. The first-order valence-corrected chi connectivity index (χ1v) is 6.88. The van der Waals surface area contributed by atoms with Gasteiger partial charge in [-0.2, -0.15) is 0 Å². The van der Waals surface area contributed by atoms with E-state index in [2.05, 4.69) is 6.58 Å². The summed E-state index contributed by atoms with van der Waals surface area (Å²) in [5.41, 5.74) is -0.211. The molecule has 1 unspecified atom stereocenters. The van der Waals surface area contributed by atoms with Crippen molar-refractivity contribution in [3.05, 3.63) is 24.8 Å². The normalized spacial score (nSPS) is 14.3. The molecule has 0 fully saturated rings. The lowest BCUT2D eigenvalue weighted by Crippen LogP contribution is -2.07. The van der Waals surface area contributed by atoms with Crippen LogP contribution in [0.2, 0.25) is 0 Å². The molecule has 0 N–H and O–H groups in total. The maximum atomic E-state index is 12.2. The average molecular weight is 232 g/mol. The Bertz CT molecular complexity index is 238. The van der Waals surface area contributed by atoms with Gasteiger partial charge in [0.05, 0.1) is 18.9 Å². The fourth-order valence-corrected chi connectivity index (χ4v) is 2.71. The van der Waals surface area contributed by atoms with E-state index in [-0.39, 0.29) is 5.66 Å². The lowest BCUT2D eigenvalue weighted by atomic mass is 10.3. The van der Waals surface area contributed by atoms with Crippen LogP contribution >= 0.6 is 7.60 Å². The highest BCUT2D eigenvalue weighted by Crippen LogP contribution is 2.53. The van der Waals surface area contributed by atoms with Crippen molar-refractivity contribution >= 4 is 7.60 Å². The smallest absolute Gasteiger partial charge is 0.308 e. The van der Waals surface area contributed by atoms with Gasteiger partial charge in [-0.05, 0) is 27.2 Å². The largest absolute Gasteiger partial charge is 0.337 e. The number of hydrogen-bond donors (Lipinski definition) is 0. The van der Waals surface area contributed by atoms with E-state index in [9.17, 15) is 4.57 Å². The molecule has 15 heavy (non-hydrogen) atoms. The van der Waals surface area contributed by atoms with Crippen LogP contribution in [0, 0.1) is 0 Å². The summed E-state index contributed by atoms with van der Waals surface area (Å²) in [5.74, 6) is 0. The molecule has 0 spiro atoms. The van der Waals surface area contributed by atoms with Crippen molar-refractivity contribution < 1.29 is 13.6 Å². The van der Waals surface area contributed by atoms with Crippen molar-refractivity contribution in [1.82, 2.24) is 0 Å². The minimum Gasteiger partial charge on any atom is -0.308 e. The molecule has 3 nitrogen and oxygen atoms in total. The van der Waals surface area contributed by atoms with Crippen molar-refractivity contribution in [3.8, 4) is 0 Å². The third-order valence-electron chi connectivity index (χ3n) is 1.83. The maximum Gasteiger partial charge on any atom is 0.337 e. The number of allylic oxidation sites excluding steroid dienone is 3. The van der Waals surface area contributed by atoms with Crippen LogP contribution < -0.4 is 0 Å². The first kappa shape index (κ1) is 14.6. The van der Waals surface area contributed by atoms with Gasteiger partial charge in [-0.3, -0.25) is 4.57 Å². The Morgan fingerprint density at radius 2 is 1.87 bits per heavy atom. The van der Waals surface area contributed by atoms with Gasteiger partial charge in [0.2, 0.25) is 0 Å². The Morgan fingerprint density at radius 1 is 1.33 bits per heavy atom. The van der Waals surface area contributed by atoms with Gasteiger partial charge < -0.3 is 9.05 Å². The predicted molar refractivity (Wildman–Crippen MR) is 64.3 cm³/mol. The molecular weight excluding hydrogens is 211 g/mol. The Balaban J connectivity index is 4.46. The molecule has 0 saturated carbocycles. The van der Waals surface area contributed by atoms with Crippen molar-refractivity contribution in [1.29, 1.82) is 0 Å². The van der Waals surface area contributed by atoms with Crippen LogP contribution in [0.15, 0.2) is 24.8 Å². The first-order chi connectivity index (χ1) is 7.10. The molecule has 0 radical (unpaired) electrons. The molecule has 0 aliphatic carbocycles. The van der Waals surface area contributed by atoms with Gasteiger partial charge >= 0.3 is 7.60 Å². The Hall–Kier alpha value is -0.370. The van der Waals surface area contributed by atoms with Crippen molar-refractivity contribution in [2.24, 2.45) is 0 Å². The highest BCUT2D eigenvalue weighted by Gasteiger charge is 2.29. The summed E-state index contributed by atoms with van der Waals surface area (Å²) in [7, 11) is -2.97. The maximum absolute atomic E-state index is 12.2. The molecule has 4 heteroatoms. The molecular formula is C11H21O3P. The zero-order chi connectivity index (χ0) is 11.7. The molecule has 0 aliphatic heterocycles. The second kappa shape index (κ2) is 7.86.